The number of anilines is 2. The monoisotopic (exact) mass is 478 g/mol. The van der Waals surface area contributed by atoms with Gasteiger partial charge < -0.3 is 25.0 Å². The van der Waals surface area contributed by atoms with Gasteiger partial charge in [-0.15, -0.1) is 5.10 Å². The molecule has 1 saturated heterocycles. The van der Waals surface area contributed by atoms with E-state index < -0.39 is 29.2 Å². The number of hydrogen-bond donors (Lipinski definition) is 2. The number of H-pyrrole nitrogens is 1. The molecule has 0 unspecified atom stereocenters. The number of aromatic amines is 1. The van der Waals surface area contributed by atoms with Crippen LogP contribution in [0.25, 0.3) is 11.2 Å². The number of carbonyl (C=O) groups is 1. The van der Waals surface area contributed by atoms with Gasteiger partial charge in [0.05, 0.1) is 0 Å². The zero-order valence-electron chi connectivity index (χ0n) is 18.6. The first-order valence-corrected chi connectivity index (χ1v) is 10.6. The van der Waals surface area contributed by atoms with Crippen LogP contribution in [0.2, 0.25) is 0 Å². The lowest BCUT2D eigenvalue weighted by atomic mass is 10.2. The molecule has 1 aliphatic rings. The molecule has 0 spiro atoms. The van der Waals surface area contributed by atoms with Gasteiger partial charge in [-0.3, -0.25) is 14.6 Å². The highest BCUT2D eigenvalue weighted by Crippen LogP contribution is 2.29. The molecule has 3 aromatic rings. The lowest BCUT2D eigenvalue weighted by Crippen LogP contribution is -2.48. The topological polar surface area (TPSA) is 144 Å². The summed E-state index contributed by atoms with van der Waals surface area (Å²) in [5.41, 5.74) is 5.30. The summed E-state index contributed by atoms with van der Waals surface area (Å²) in [7, 11) is 1.63. The van der Waals surface area contributed by atoms with Crippen LogP contribution < -0.4 is 25.8 Å². The van der Waals surface area contributed by atoms with Crippen molar-refractivity contribution in [2.24, 2.45) is 12.8 Å². The van der Waals surface area contributed by atoms with Crippen molar-refractivity contribution in [1.82, 2.24) is 25.0 Å². The van der Waals surface area contributed by atoms with Gasteiger partial charge in [-0.1, -0.05) is 5.21 Å². The van der Waals surface area contributed by atoms with E-state index in [4.69, 9.17) is 15.2 Å². The molecule has 3 N–H and O–H groups in total. The van der Waals surface area contributed by atoms with Crippen LogP contribution in [0.4, 0.5) is 20.4 Å². The molecule has 182 valence electrons. The molecule has 14 heteroatoms. The van der Waals surface area contributed by atoms with E-state index in [1.165, 1.54) is 11.6 Å². The normalized spacial score (nSPS) is 15.0. The van der Waals surface area contributed by atoms with E-state index in [0.717, 1.165) is 12.1 Å². The number of benzene rings is 1. The van der Waals surface area contributed by atoms with Gasteiger partial charge in [0.2, 0.25) is 5.95 Å². The summed E-state index contributed by atoms with van der Waals surface area (Å²) >= 11 is 0. The Morgan fingerprint density at radius 2 is 1.82 bits per heavy atom. The van der Waals surface area contributed by atoms with Crippen molar-refractivity contribution in [2.45, 2.75) is 13.0 Å². The van der Waals surface area contributed by atoms with Gasteiger partial charge in [-0.05, 0) is 6.92 Å². The van der Waals surface area contributed by atoms with Crippen LogP contribution in [-0.2, 0) is 16.6 Å². The third-order valence-electron chi connectivity index (χ3n) is 5.30. The second-order valence-electron chi connectivity index (χ2n) is 7.79. The maximum absolute atomic E-state index is 14.7. The summed E-state index contributed by atoms with van der Waals surface area (Å²) in [5.74, 6) is -1.81. The first-order valence-electron chi connectivity index (χ1n) is 10.6. The zero-order valence-corrected chi connectivity index (χ0v) is 18.6. The molecule has 12 nitrogen and oxygen atoms in total. The van der Waals surface area contributed by atoms with Crippen LogP contribution in [0.1, 0.15) is 6.92 Å². The third kappa shape index (κ3) is 4.76. The number of ether oxygens (including phenoxy) is 2. The van der Waals surface area contributed by atoms with Gasteiger partial charge in [0, 0.05) is 45.4 Å². The molecule has 1 fully saturated rings. The fourth-order valence-electron chi connectivity index (χ4n) is 3.57. The molecule has 0 radical (unpaired) electrons. The number of hydrogen-bond acceptors (Lipinski definition) is 10. The Balaban J connectivity index is 1.39. The number of nitrogens with zero attached hydrogens (tertiary/aromatic N) is 6. The summed E-state index contributed by atoms with van der Waals surface area (Å²) in [5, 5.41) is 7.58. The Bertz CT molecular complexity index is 1230. The molecule has 0 bridgehead atoms. The SMILES string of the molecule is C[C@@H](N)C(=O)OCCOc1cc(F)c(N2CCN(c3nc4c(nnn4C)c(=O)[nH]3)CC2)c(F)c1. The second-order valence-corrected chi connectivity index (χ2v) is 7.79. The molecular weight excluding hydrogens is 454 g/mol. The fraction of sp³-hybridized carbons (Fsp3) is 0.450. The molecule has 0 amide bonds. The van der Waals surface area contributed by atoms with E-state index in [0.29, 0.717) is 37.8 Å². The summed E-state index contributed by atoms with van der Waals surface area (Å²) in [4.78, 5) is 34.0. The van der Waals surface area contributed by atoms with Crippen LogP contribution in [0, 0.1) is 11.6 Å². The van der Waals surface area contributed by atoms with E-state index in [9.17, 15) is 18.4 Å². The average Bonchev–Trinajstić information content (AvgIpc) is 3.18. The maximum Gasteiger partial charge on any atom is 0.322 e. The third-order valence-corrected chi connectivity index (χ3v) is 5.30. The smallest absolute Gasteiger partial charge is 0.322 e. The van der Waals surface area contributed by atoms with Crippen LogP contribution in [0.5, 0.6) is 5.75 Å². The van der Waals surface area contributed by atoms with Crippen molar-refractivity contribution < 1.29 is 23.0 Å². The van der Waals surface area contributed by atoms with Crippen molar-refractivity contribution in [3.8, 4) is 5.75 Å². The van der Waals surface area contributed by atoms with Crippen LogP contribution in [0.3, 0.4) is 0 Å². The first-order chi connectivity index (χ1) is 16.2. The Morgan fingerprint density at radius 3 is 2.47 bits per heavy atom. The van der Waals surface area contributed by atoms with Gasteiger partial charge in [0.25, 0.3) is 5.56 Å². The van der Waals surface area contributed by atoms with Crippen molar-refractivity contribution in [3.05, 3.63) is 34.1 Å². The molecule has 1 aromatic carbocycles. The Morgan fingerprint density at radius 1 is 1.18 bits per heavy atom. The number of aromatic nitrogens is 5. The number of aryl methyl sites for hydroxylation is 1. The van der Waals surface area contributed by atoms with Crippen molar-refractivity contribution >= 4 is 28.8 Å². The van der Waals surface area contributed by atoms with Crippen molar-refractivity contribution in [2.75, 3.05) is 49.2 Å². The number of halogens is 2. The minimum absolute atomic E-state index is 0.0194. The summed E-state index contributed by atoms with van der Waals surface area (Å²) < 4.78 is 41.0. The highest BCUT2D eigenvalue weighted by Gasteiger charge is 2.25. The minimum atomic E-state index is -0.773. The Kier molecular flexibility index (Phi) is 6.58. The second kappa shape index (κ2) is 9.59. The molecular formula is C20H24F2N8O4. The van der Waals surface area contributed by atoms with E-state index in [1.807, 2.05) is 4.90 Å². The lowest BCUT2D eigenvalue weighted by molar-refractivity contribution is -0.145. The van der Waals surface area contributed by atoms with E-state index >= 15 is 0 Å². The number of fused-ring (bicyclic) bond motifs is 1. The van der Waals surface area contributed by atoms with E-state index in [2.05, 4.69) is 20.3 Å². The molecule has 0 saturated carbocycles. The minimum Gasteiger partial charge on any atom is -0.490 e. The number of nitrogens with one attached hydrogen (secondary N) is 1. The molecule has 3 heterocycles. The molecule has 1 atom stereocenters. The van der Waals surface area contributed by atoms with E-state index in [-0.39, 0.29) is 30.2 Å². The predicted octanol–water partition coefficient (Wildman–Crippen LogP) is -0.0744. The number of carbonyl (C=O) groups excluding carboxylic acids is 1. The molecule has 4 rings (SSSR count). The van der Waals surface area contributed by atoms with Crippen LogP contribution in [-0.4, -0.2) is 76.4 Å². The predicted molar refractivity (Wildman–Crippen MR) is 118 cm³/mol. The van der Waals surface area contributed by atoms with Gasteiger partial charge in [0.15, 0.2) is 22.8 Å². The Labute approximate surface area is 192 Å². The Hall–Kier alpha value is -3.81. The number of nitrogens with two attached hydrogens (primary N) is 1. The molecule has 34 heavy (non-hydrogen) atoms. The van der Waals surface area contributed by atoms with Crippen LogP contribution in [0.15, 0.2) is 16.9 Å². The summed E-state index contributed by atoms with van der Waals surface area (Å²) in [6, 6.07) is 1.40. The largest absolute Gasteiger partial charge is 0.490 e. The van der Waals surface area contributed by atoms with Crippen molar-refractivity contribution in [3.63, 3.8) is 0 Å². The lowest BCUT2D eigenvalue weighted by Gasteiger charge is -2.36. The first kappa shape index (κ1) is 23.4. The highest BCUT2D eigenvalue weighted by molar-refractivity contribution is 5.74. The average molecular weight is 478 g/mol. The maximum atomic E-state index is 14.7. The zero-order chi connectivity index (χ0) is 24.4. The van der Waals surface area contributed by atoms with E-state index in [1.54, 1.807) is 11.9 Å². The molecule has 2 aromatic heterocycles. The fourth-order valence-corrected chi connectivity index (χ4v) is 3.57. The molecule has 0 aliphatic carbocycles. The summed E-state index contributed by atoms with van der Waals surface area (Å²) in [6.45, 7) is 2.67. The molecule has 1 aliphatic heterocycles. The highest BCUT2D eigenvalue weighted by atomic mass is 19.1. The quantitative estimate of drug-likeness (QED) is 0.350. The standard InChI is InChI=1S/C20H24F2N8O4/c1-11(23)19(32)34-8-7-33-12-9-13(21)16(14(22)10-12)29-3-5-30(6-4-29)20-24-17-15(18(31)25-20)26-27-28(17)2/h9-11H,3-8,23H2,1-2H3,(H,24,25,31)/t11-/m1/s1. The van der Waals surface area contributed by atoms with Gasteiger partial charge in [-0.25, -0.2) is 13.5 Å². The van der Waals surface area contributed by atoms with Gasteiger partial charge >= 0.3 is 5.97 Å². The number of piperazine rings is 1. The number of rotatable bonds is 7. The van der Waals surface area contributed by atoms with Gasteiger partial charge in [0.1, 0.15) is 30.7 Å². The van der Waals surface area contributed by atoms with Gasteiger partial charge in [-0.2, -0.15) is 4.98 Å². The van der Waals surface area contributed by atoms with Crippen LogP contribution >= 0.6 is 0 Å². The number of esters is 1. The summed E-state index contributed by atoms with van der Waals surface area (Å²) in [6.07, 6.45) is 0. The van der Waals surface area contributed by atoms with Crippen molar-refractivity contribution in [1.29, 1.82) is 0 Å².